The standard InChI is InChI=1S/C15H19N3O/c1-18(15-9-12(10-16)6-7-17-15)11-13-4-3-5-14(8-13)19-2/h3-9H,10-11,16H2,1-2H3. The van der Waals surface area contributed by atoms with Crippen molar-refractivity contribution in [2.45, 2.75) is 13.1 Å². The van der Waals surface area contributed by atoms with Gasteiger partial charge in [-0.15, -0.1) is 0 Å². The lowest BCUT2D eigenvalue weighted by molar-refractivity contribution is 0.414. The highest BCUT2D eigenvalue weighted by Crippen LogP contribution is 2.17. The largest absolute Gasteiger partial charge is 0.497 e. The Hall–Kier alpha value is -2.07. The summed E-state index contributed by atoms with van der Waals surface area (Å²) in [5.41, 5.74) is 7.91. The minimum atomic E-state index is 0.530. The predicted octanol–water partition coefficient (Wildman–Crippen LogP) is 2.19. The highest BCUT2D eigenvalue weighted by molar-refractivity contribution is 5.41. The molecule has 0 spiro atoms. The van der Waals surface area contributed by atoms with Crippen LogP contribution in [0, 0.1) is 0 Å². The monoisotopic (exact) mass is 257 g/mol. The lowest BCUT2D eigenvalue weighted by Gasteiger charge is -2.19. The summed E-state index contributed by atoms with van der Waals surface area (Å²) in [6.45, 7) is 1.31. The first-order valence-corrected chi connectivity index (χ1v) is 6.22. The van der Waals surface area contributed by atoms with E-state index in [-0.39, 0.29) is 0 Å². The maximum absolute atomic E-state index is 5.65. The first-order chi connectivity index (χ1) is 9.22. The Morgan fingerprint density at radius 1 is 1.21 bits per heavy atom. The molecule has 0 aliphatic rings. The summed E-state index contributed by atoms with van der Waals surface area (Å²) < 4.78 is 5.23. The number of pyridine rings is 1. The summed E-state index contributed by atoms with van der Waals surface area (Å²) >= 11 is 0. The number of ether oxygens (including phenoxy) is 1. The number of hydrogen-bond acceptors (Lipinski definition) is 4. The Kier molecular flexibility index (Phi) is 4.36. The van der Waals surface area contributed by atoms with Crippen molar-refractivity contribution >= 4 is 5.82 Å². The second-order valence-electron chi connectivity index (χ2n) is 4.43. The molecule has 0 fully saturated rings. The van der Waals surface area contributed by atoms with E-state index in [1.807, 2.05) is 37.4 Å². The van der Waals surface area contributed by atoms with Gasteiger partial charge in [0.2, 0.25) is 0 Å². The summed E-state index contributed by atoms with van der Waals surface area (Å²) in [4.78, 5) is 6.46. The van der Waals surface area contributed by atoms with E-state index in [1.165, 1.54) is 5.56 Å². The van der Waals surface area contributed by atoms with Crippen LogP contribution in [0.25, 0.3) is 0 Å². The van der Waals surface area contributed by atoms with Gasteiger partial charge < -0.3 is 15.4 Å². The molecule has 1 heterocycles. The molecule has 0 bridgehead atoms. The minimum absolute atomic E-state index is 0.530. The van der Waals surface area contributed by atoms with E-state index in [4.69, 9.17) is 10.5 Å². The maximum atomic E-state index is 5.65. The fraction of sp³-hybridized carbons (Fsp3) is 0.267. The number of rotatable bonds is 5. The third-order valence-corrected chi connectivity index (χ3v) is 2.99. The van der Waals surface area contributed by atoms with Gasteiger partial charge >= 0.3 is 0 Å². The molecule has 1 aromatic carbocycles. The fourth-order valence-electron chi connectivity index (χ4n) is 1.92. The highest BCUT2D eigenvalue weighted by Gasteiger charge is 2.05. The first kappa shape index (κ1) is 13.4. The molecule has 19 heavy (non-hydrogen) atoms. The van der Waals surface area contributed by atoms with E-state index in [9.17, 15) is 0 Å². The van der Waals surface area contributed by atoms with Gasteiger partial charge in [-0.2, -0.15) is 0 Å². The first-order valence-electron chi connectivity index (χ1n) is 6.22. The van der Waals surface area contributed by atoms with Gasteiger partial charge in [-0.3, -0.25) is 0 Å². The molecule has 0 aliphatic carbocycles. The Morgan fingerprint density at radius 2 is 2.05 bits per heavy atom. The van der Waals surface area contributed by atoms with Crippen LogP contribution in [0.1, 0.15) is 11.1 Å². The average Bonchev–Trinajstić information content (AvgIpc) is 2.47. The normalized spacial score (nSPS) is 10.3. The van der Waals surface area contributed by atoms with Crippen molar-refractivity contribution in [1.82, 2.24) is 4.98 Å². The summed E-state index contributed by atoms with van der Waals surface area (Å²) in [6.07, 6.45) is 1.79. The van der Waals surface area contributed by atoms with Crippen molar-refractivity contribution in [2.24, 2.45) is 5.73 Å². The number of aromatic nitrogens is 1. The number of anilines is 1. The number of hydrogen-bond donors (Lipinski definition) is 1. The van der Waals surface area contributed by atoms with E-state index < -0.39 is 0 Å². The fourth-order valence-corrected chi connectivity index (χ4v) is 1.92. The van der Waals surface area contributed by atoms with Gasteiger partial charge in [0.1, 0.15) is 11.6 Å². The molecule has 4 nitrogen and oxygen atoms in total. The Morgan fingerprint density at radius 3 is 2.79 bits per heavy atom. The summed E-state index contributed by atoms with van der Waals surface area (Å²) in [6, 6.07) is 12.0. The summed E-state index contributed by atoms with van der Waals surface area (Å²) in [5, 5.41) is 0. The van der Waals surface area contributed by atoms with Crippen LogP contribution in [0.4, 0.5) is 5.82 Å². The summed E-state index contributed by atoms with van der Waals surface area (Å²) in [7, 11) is 3.69. The zero-order chi connectivity index (χ0) is 13.7. The van der Waals surface area contributed by atoms with Crippen LogP contribution in [0.3, 0.4) is 0 Å². The van der Waals surface area contributed by atoms with Gasteiger partial charge in [0.05, 0.1) is 7.11 Å². The molecule has 4 heteroatoms. The van der Waals surface area contributed by atoms with Crippen LogP contribution in [0.15, 0.2) is 42.6 Å². The van der Waals surface area contributed by atoms with Crippen LogP contribution in [-0.4, -0.2) is 19.1 Å². The molecule has 0 saturated carbocycles. The molecule has 0 unspecified atom stereocenters. The molecule has 0 saturated heterocycles. The predicted molar refractivity (Wildman–Crippen MR) is 77.2 cm³/mol. The minimum Gasteiger partial charge on any atom is -0.497 e. The van der Waals surface area contributed by atoms with Crippen molar-refractivity contribution in [3.05, 3.63) is 53.7 Å². The topological polar surface area (TPSA) is 51.4 Å². The third kappa shape index (κ3) is 3.45. The molecule has 0 atom stereocenters. The zero-order valence-electron chi connectivity index (χ0n) is 11.3. The van der Waals surface area contributed by atoms with Crippen molar-refractivity contribution in [2.75, 3.05) is 19.1 Å². The van der Waals surface area contributed by atoms with Crippen LogP contribution in [-0.2, 0) is 13.1 Å². The van der Waals surface area contributed by atoms with Gasteiger partial charge in [0.15, 0.2) is 0 Å². The van der Waals surface area contributed by atoms with E-state index in [0.29, 0.717) is 6.54 Å². The highest BCUT2D eigenvalue weighted by atomic mass is 16.5. The van der Waals surface area contributed by atoms with Crippen molar-refractivity contribution < 1.29 is 4.74 Å². The second kappa shape index (κ2) is 6.20. The maximum Gasteiger partial charge on any atom is 0.128 e. The molecule has 0 aliphatic heterocycles. The third-order valence-electron chi connectivity index (χ3n) is 2.99. The van der Waals surface area contributed by atoms with Gasteiger partial charge in [-0.1, -0.05) is 12.1 Å². The molecule has 0 amide bonds. The molecule has 1 aromatic heterocycles. The lowest BCUT2D eigenvalue weighted by Crippen LogP contribution is -2.18. The van der Waals surface area contributed by atoms with Crippen molar-refractivity contribution in [3.63, 3.8) is 0 Å². The SMILES string of the molecule is COc1cccc(CN(C)c2cc(CN)ccn2)c1. The Bertz CT molecular complexity index is 542. The Labute approximate surface area is 113 Å². The quantitative estimate of drug-likeness (QED) is 0.892. The Balaban J connectivity index is 2.13. The van der Waals surface area contributed by atoms with E-state index in [0.717, 1.165) is 23.7 Å². The number of methoxy groups -OCH3 is 1. The number of benzene rings is 1. The molecule has 2 rings (SSSR count). The van der Waals surface area contributed by atoms with E-state index in [1.54, 1.807) is 13.3 Å². The van der Waals surface area contributed by atoms with E-state index in [2.05, 4.69) is 16.0 Å². The van der Waals surface area contributed by atoms with Gasteiger partial charge in [0, 0.05) is 26.3 Å². The lowest BCUT2D eigenvalue weighted by atomic mass is 10.2. The molecule has 0 radical (unpaired) electrons. The van der Waals surface area contributed by atoms with Crippen LogP contribution in [0.5, 0.6) is 5.75 Å². The molecular formula is C15H19N3O. The van der Waals surface area contributed by atoms with Gasteiger partial charge in [-0.05, 0) is 35.4 Å². The molecular weight excluding hydrogens is 238 g/mol. The van der Waals surface area contributed by atoms with E-state index >= 15 is 0 Å². The summed E-state index contributed by atoms with van der Waals surface area (Å²) in [5.74, 6) is 1.79. The van der Waals surface area contributed by atoms with Gasteiger partial charge in [-0.25, -0.2) is 4.98 Å². The molecule has 2 aromatic rings. The van der Waals surface area contributed by atoms with Crippen molar-refractivity contribution in [3.8, 4) is 5.75 Å². The molecule has 100 valence electrons. The zero-order valence-corrected chi connectivity index (χ0v) is 11.3. The average molecular weight is 257 g/mol. The number of nitrogens with zero attached hydrogens (tertiary/aromatic N) is 2. The number of nitrogens with two attached hydrogens (primary N) is 1. The molecule has 2 N–H and O–H groups in total. The van der Waals surface area contributed by atoms with Crippen LogP contribution in [0.2, 0.25) is 0 Å². The van der Waals surface area contributed by atoms with Gasteiger partial charge in [0.25, 0.3) is 0 Å². The second-order valence-corrected chi connectivity index (χ2v) is 4.43. The smallest absolute Gasteiger partial charge is 0.128 e. The van der Waals surface area contributed by atoms with Crippen LogP contribution < -0.4 is 15.4 Å². The van der Waals surface area contributed by atoms with Crippen molar-refractivity contribution in [1.29, 1.82) is 0 Å². The van der Waals surface area contributed by atoms with Crippen LogP contribution >= 0.6 is 0 Å².